The molecule has 0 N–H and O–H groups in total. The summed E-state index contributed by atoms with van der Waals surface area (Å²) in [5, 5.41) is 3.47. The molecular weight excluding hydrogens is 1220 g/mol. The van der Waals surface area contributed by atoms with Crippen molar-refractivity contribution < 1.29 is 38.1 Å². The van der Waals surface area contributed by atoms with Gasteiger partial charge in [-0.15, -0.1) is 0 Å². The fraction of sp³-hybridized carbons (Fsp3) is 0.481. The number of benzene rings is 7. The van der Waals surface area contributed by atoms with Gasteiger partial charge in [-0.2, -0.15) is 0 Å². The number of imide groups is 2. The van der Waals surface area contributed by atoms with Gasteiger partial charge in [0.2, 0.25) is 0 Å². The molecule has 14 heteroatoms. The van der Waals surface area contributed by atoms with Gasteiger partial charge in [0.05, 0.1) is 60.1 Å². The molecule has 486 valence electrons. The minimum Gasteiger partial charge on any atom is -0.489 e. The number of unbranched alkanes of at least 4 members (excludes halogenated alkanes) is 13. The molecule has 7 aromatic carbocycles. The highest BCUT2D eigenvalue weighted by molar-refractivity contribution is 6.57. The number of carbonyl (C=O) groups excluding carboxylic acids is 4. The Kier molecular flexibility index (Phi) is 23.5. The van der Waals surface area contributed by atoms with Gasteiger partial charge in [-0.1, -0.05) is 216 Å². The summed E-state index contributed by atoms with van der Waals surface area (Å²) in [4.78, 5) is 63.7. The van der Waals surface area contributed by atoms with Crippen LogP contribution in [0.3, 0.4) is 0 Å². The molecule has 0 aromatic heterocycles. The van der Waals surface area contributed by atoms with E-state index in [1.165, 1.54) is 77.0 Å². The molecule has 0 bridgehead atoms. The first-order valence-corrected chi connectivity index (χ1v) is 35.1. The van der Waals surface area contributed by atoms with Crippen molar-refractivity contribution in [3.05, 3.63) is 126 Å². The molecule has 0 saturated heterocycles. The van der Waals surface area contributed by atoms with E-state index in [-0.39, 0.29) is 60.1 Å². The third kappa shape index (κ3) is 14.7. The highest BCUT2D eigenvalue weighted by Gasteiger charge is 2.42. The summed E-state index contributed by atoms with van der Waals surface area (Å²) < 4.78 is 26.1. The largest absolute Gasteiger partial charge is 0.489 e. The minimum absolute atomic E-state index is 0.00785. The zero-order valence-corrected chi connectivity index (χ0v) is 58.3. The van der Waals surface area contributed by atoms with Crippen LogP contribution in [0.5, 0.6) is 23.0 Å². The standard InChI is InChI=1S/C77H92Cl4N2O8/c1-13-16-19-22-25-26-29-45(6)41-89-62-32-48(9)60(38-64(62)88-40-44(4)5)82-74(84)52-34-56(78)68-70-58(80)36-54-67-55(37-59(81)71(73(67)70)69-57(79)35-53(75(82)85)66(52)72(68)69)77(87)83(76(54)86)61-39-65(91-43-51(12)47(8)31-28-24-21-18-15-3)63(33-49(61)10)90-42-50(11)46(7)30-27-23-20-17-14-2/h32-39,44-45,50-51H,7-8,13-31,40-43H2,1-6,9-12H3. The van der Waals surface area contributed by atoms with Crippen LogP contribution in [0.4, 0.5) is 11.4 Å². The van der Waals surface area contributed by atoms with Crippen molar-refractivity contribution in [3.8, 4) is 23.0 Å². The summed E-state index contributed by atoms with van der Waals surface area (Å²) >= 11 is 29.9. The van der Waals surface area contributed by atoms with Crippen molar-refractivity contribution in [2.75, 3.05) is 36.2 Å². The second kappa shape index (κ2) is 30.8. The maximum atomic E-state index is 15.4. The lowest BCUT2D eigenvalue weighted by atomic mass is 9.81. The van der Waals surface area contributed by atoms with Gasteiger partial charge in [0, 0.05) is 87.1 Å². The lowest BCUT2D eigenvalue weighted by molar-refractivity contribution is 0.0877. The summed E-state index contributed by atoms with van der Waals surface area (Å²) in [7, 11) is 0. The lowest BCUT2D eigenvalue weighted by Crippen LogP contribution is -2.41. The molecule has 7 aromatic rings. The molecule has 2 heterocycles. The third-order valence-corrected chi connectivity index (χ3v) is 19.8. The highest BCUT2D eigenvalue weighted by atomic mass is 35.5. The molecule has 4 amide bonds. The number of nitrogens with zero attached hydrogens (tertiary/aromatic N) is 2. The lowest BCUT2D eigenvalue weighted by Gasteiger charge is -2.32. The Morgan fingerprint density at radius 3 is 1.05 bits per heavy atom. The topological polar surface area (TPSA) is 112 Å². The summed E-state index contributed by atoms with van der Waals surface area (Å²) in [6.07, 6.45) is 21.9. The quantitative estimate of drug-likeness (QED) is 0.0127. The van der Waals surface area contributed by atoms with E-state index in [1.54, 1.807) is 36.4 Å². The van der Waals surface area contributed by atoms with E-state index >= 15 is 19.2 Å². The molecule has 2 aliphatic heterocycles. The molecule has 0 fully saturated rings. The van der Waals surface area contributed by atoms with Gasteiger partial charge in [0.15, 0.2) is 23.0 Å². The fourth-order valence-corrected chi connectivity index (χ4v) is 14.2. The number of ether oxygens (including phenoxy) is 4. The average molecular weight is 1320 g/mol. The van der Waals surface area contributed by atoms with E-state index in [1.807, 2.05) is 39.8 Å². The van der Waals surface area contributed by atoms with Crippen LogP contribution < -0.4 is 28.7 Å². The van der Waals surface area contributed by atoms with Crippen LogP contribution in [0, 0.1) is 37.5 Å². The minimum atomic E-state index is -0.620. The zero-order valence-electron chi connectivity index (χ0n) is 55.3. The SMILES string of the molecule is C=C(CCCCCCC)C(C)COc1cc(C)c(N2C(=O)c3cc(Cl)c4c5c(Cl)cc6c7c(cc(Cl)c(c8c(Cl)cc(c3c48)C2=O)c75)C(=O)N(c2cc(OCC(C)C)c(OCC(C)CCCCCCCC)cc2C)C6=O)cc1OCC(C)C(=C)CCCCCCC. The van der Waals surface area contributed by atoms with Crippen LogP contribution in [0.2, 0.25) is 20.1 Å². The maximum absolute atomic E-state index is 15.4. The number of fused-ring (bicyclic) bond motifs is 2. The number of hydrogen-bond acceptors (Lipinski definition) is 8. The Morgan fingerprint density at radius 2 is 0.703 bits per heavy atom. The third-order valence-electron chi connectivity index (χ3n) is 18.6. The molecule has 91 heavy (non-hydrogen) atoms. The maximum Gasteiger partial charge on any atom is 0.266 e. The number of hydrogen-bond donors (Lipinski definition) is 0. The number of amides is 4. The van der Waals surface area contributed by atoms with Crippen LogP contribution >= 0.6 is 46.4 Å². The Morgan fingerprint density at radius 1 is 0.396 bits per heavy atom. The average Bonchev–Trinajstić information content (AvgIpc) is 0.678. The number of halogens is 4. The molecule has 10 nitrogen and oxygen atoms in total. The monoisotopic (exact) mass is 1310 g/mol. The second-order valence-corrected chi connectivity index (χ2v) is 28.1. The van der Waals surface area contributed by atoms with Crippen LogP contribution in [0.25, 0.3) is 43.1 Å². The predicted molar refractivity (Wildman–Crippen MR) is 380 cm³/mol. The number of anilines is 2. The van der Waals surface area contributed by atoms with Gasteiger partial charge in [-0.25, -0.2) is 9.80 Å². The second-order valence-electron chi connectivity index (χ2n) is 26.4. The smallest absolute Gasteiger partial charge is 0.266 e. The highest BCUT2D eigenvalue weighted by Crippen LogP contribution is 2.55. The van der Waals surface area contributed by atoms with Crippen molar-refractivity contribution >= 4 is 124 Å². The van der Waals surface area contributed by atoms with Crippen LogP contribution in [-0.2, 0) is 0 Å². The van der Waals surface area contributed by atoms with E-state index in [9.17, 15) is 0 Å². The van der Waals surface area contributed by atoms with E-state index in [0.717, 1.165) is 65.9 Å². The Hall–Kier alpha value is -6.04. The molecule has 9 rings (SSSR count). The molecule has 0 radical (unpaired) electrons. The summed E-state index contributed by atoms with van der Waals surface area (Å²) in [5.74, 6) is -0.0842. The van der Waals surface area contributed by atoms with Crippen molar-refractivity contribution in [1.29, 1.82) is 0 Å². The van der Waals surface area contributed by atoms with Crippen LogP contribution in [-0.4, -0.2) is 50.1 Å². The van der Waals surface area contributed by atoms with Gasteiger partial charge in [0.25, 0.3) is 23.6 Å². The first-order valence-electron chi connectivity index (χ1n) is 33.5. The van der Waals surface area contributed by atoms with Crippen LogP contribution in [0.15, 0.2) is 72.8 Å². The van der Waals surface area contributed by atoms with E-state index in [2.05, 4.69) is 54.7 Å². The van der Waals surface area contributed by atoms with Gasteiger partial charge < -0.3 is 18.9 Å². The van der Waals surface area contributed by atoms with Gasteiger partial charge >= 0.3 is 0 Å². The number of rotatable bonds is 35. The predicted octanol–water partition coefficient (Wildman–Crippen LogP) is 23.2. The zero-order chi connectivity index (χ0) is 65.5. The summed E-state index contributed by atoms with van der Waals surface area (Å²) in [6.45, 7) is 31.2. The Bertz CT molecular complexity index is 3770. The first kappa shape index (κ1) is 69.3. The van der Waals surface area contributed by atoms with Crippen LogP contribution in [0.1, 0.15) is 230 Å². The van der Waals surface area contributed by atoms with Crippen molar-refractivity contribution in [3.63, 3.8) is 0 Å². The fourth-order valence-electron chi connectivity index (χ4n) is 13.0. The molecule has 3 unspecified atom stereocenters. The van der Waals surface area contributed by atoms with Gasteiger partial charge in [0.1, 0.15) is 0 Å². The number of aryl methyl sites for hydroxylation is 2. The van der Waals surface area contributed by atoms with Crippen molar-refractivity contribution in [2.45, 2.75) is 191 Å². The molecule has 0 saturated carbocycles. The van der Waals surface area contributed by atoms with Gasteiger partial charge in [-0.3, -0.25) is 19.2 Å². The Balaban J connectivity index is 1.08. The molecule has 2 aliphatic rings. The normalized spacial score (nSPS) is 14.3. The number of carbonyl (C=O) groups is 4. The van der Waals surface area contributed by atoms with Crippen molar-refractivity contribution in [2.24, 2.45) is 23.7 Å². The molecular formula is C77H92Cl4N2O8. The van der Waals surface area contributed by atoms with Gasteiger partial charge in [-0.05, 0) is 105 Å². The van der Waals surface area contributed by atoms with E-state index in [0.29, 0.717) is 121 Å². The Labute approximate surface area is 559 Å². The first-order chi connectivity index (χ1) is 43.6. The van der Waals surface area contributed by atoms with E-state index in [4.69, 9.17) is 65.4 Å². The van der Waals surface area contributed by atoms with Crippen molar-refractivity contribution in [1.82, 2.24) is 0 Å². The molecule has 0 spiro atoms. The summed E-state index contributed by atoms with van der Waals surface area (Å²) in [5.41, 5.74) is 4.68. The molecule has 3 atom stereocenters. The molecule has 0 aliphatic carbocycles. The van der Waals surface area contributed by atoms with E-state index < -0.39 is 23.6 Å². The summed E-state index contributed by atoms with van der Waals surface area (Å²) in [6, 6.07) is 13.3.